The summed E-state index contributed by atoms with van der Waals surface area (Å²) in [5, 5.41) is 9.44. The van der Waals surface area contributed by atoms with Crippen molar-refractivity contribution in [3.8, 4) is 11.4 Å². The second-order valence-corrected chi connectivity index (χ2v) is 9.46. The van der Waals surface area contributed by atoms with E-state index in [1.807, 2.05) is 67.8 Å². The molecule has 172 valence electrons. The van der Waals surface area contributed by atoms with Crippen molar-refractivity contribution in [3.05, 3.63) is 99.2 Å². The second-order valence-electron chi connectivity index (χ2n) is 8.43. The van der Waals surface area contributed by atoms with E-state index in [2.05, 4.69) is 29.5 Å². The van der Waals surface area contributed by atoms with Crippen molar-refractivity contribution in [1.82, 2.24) is 20.4 Å². The van der Waals surface area contributed by atoms with Gasteiger partial charge in [0, 0.05) is 16.1 Å². The standard InChI is InChI=1S/C27H26N4O2S/c1-4-19-9-13-21(14-10-19)25-29-26(33-30-25)23-18(3)31(16-22-6-5-15-34-22)27(32)28-24(23)20-11-7-17(2)8-12-20/h5-15,24H,4,16H2,1-3H3,(H,28,32). The minimum absolute atomic E-state index is 0.143. The highest BCUT2D eigenvalue weighted by atomic mass is 32.1. The first kappa shape index (κ1) is 22.1. The summed E-state index contributed by atoms with van der Waals surface area (Å²) in [4.78, 5) is 20.8. The Morgan fingerprint density at radius 1 is 1.06 bits per heavy atom. The lowest BCUT2D eigenvalue weighted by Crippen LogP contribution is -2.45. The number of benzene rings is 2. The summed E-state index contributed by atoms with van der Waals surface area (Å²) in [5.41, 5.74) is 5.89. The Bertz CT molecular complexity index is 1320. The molecular weight excluding hydrogens is 444 g/mol. The van der Waals surface area contributed by atoms with Gasteiger partial charge < -0.3 is 9.84 Å². The average Bonchev–Trinajstić information content (AvgIpc) is 3.54. The summed E-state index contributed by atoms with van der Waals surface area (Å²) in [7, 11) is 0. The number of aryl methyl sites for hydroxylation is 2. The fraction of sp³-hybridized carbons (Fsp3) is 0.222. The molecule has 0 saturated heterocycles. The molecule has 0 aliphatic carbocycles. The minimum Gasteiger partial charge on any atom is -0.334 e. The van der Waals surface area contributed by atoms with Gasteiger partial charge in [-0.1, -0.05) is 72.2 Å². The van der Waals surface area contributed by atoms with Gasteiger partial charge in [0.25, 0.3) is 5.89 Å². The monoisotopic (exact) mass is 470 g/mol. The predicted octanol–water partition coefficient (Wildman–Crippen LogP) is 6.37. The SMILES string of the molecule is CCc1ccc(-c2noc(C3=C(C)N(Cc4cccs4)C(=O)NC3c3ccc(C)cc3)n2)cc1. The molecule has 3 heterocycles. The summed E-state index contributed by atoms with van der Waals surface area (Å²) < 4.78 is 5.79. The maximum atomic E-state index is 13.2. The van der Waals surface area contributed by atoms with Crippen LogP contribution >= 0.6 is 11.3 Å². The highest BCUT2D eigenvalue weighted by molar-refractivity contribution is 7.09. The van der Waals surface area contributed by atoms with Gasteiger partial charge in [0.2, 0.25) is 5.82 Å². The molecule has 1 aliphatic heterocycles. The number of urea groups is 1. The molecule has 1 atom stereocenters. The molecule has 1 N–H and O–H groups in total. The molecule has 0 fully saturated rings. The van der Waals surface area contributed by atoms with E-state index in [1.165, 1.54) is 5.56 Å². The Balaban J connectivity index is 1.58. The van der Waals surface area contributed by atoms with Crippen LogP contribution in [0.15, 0.2) is 76.3 Å². The van der Waals surface area contributed by atoms with Gasteiger partial charge in [0.05, 0.1) is 18.2 Å². The predicted molar refractivity (Wildman–Crippen MR) is 134 cm³/mol. The highest BCUT2D eigenvalue weighted by Crippen LogP contribution is 2.38. The maximum Gasteiger partial charge on any atom is 0.322 e. The Hall–Kier alpha value is -3.71. The number of hydrogen-bond acceptors (Lipinski definition) is 5. The fourth-order valence-electron chi connectivity index (χ4n) is 4.16. The summed E-state index contributed by atoms with van der Waals surface area (Å²) in [6.45, 7) is 6.60. The van der Waals surface area contributed by atoms with Crippen molar-refractivity contribution >= 4 is 22.9 Å². The molecule has 2 amide bonds. The minimum atomic E-state index is -0.386. The number of carbonyl (C=O) groups is 1. The molecule has 4 aromatic rings. The molecule has 6 nitrogen and oxygen atoms in total. The Morgan fingerprint density at radius 2 is 1.82 bits per heavy atom. The molecule has 0 radical (unpaired) electrons. The van der Waals surface area contributed by atoms with Crippen molar-refractivity contribution in [2.75, 3.05) is 0 Å². The van der Waals surface area contributed by atoms with E-state index in [-0.39, 0.29) is 12.1 Å². The van der Waals surface area contributed by atoms with E-state index < -0.39 is 0 Å². The molecule has 2 aromatic heterocycles. The third-order valence-electron chi connectivity index (χ3n) is 6.18. The number of rotatable bonds is 6. The molecule has 2 aromatic carbocycles. The smallest absolute Gasteiger partial charge is 0.322 e. The van der Waals surface area contributed by atoms with Crippen molar-refractivity contribution in [1.29, 1.82) is 0 Å². The van der Waals surface area contributed by atoms with Gasteiger partial charge in [0.15, 0.2) is 0 Å². The van der Waals surface area contributed by atoms with E-state index in [1.54, 1.807) is 16.2 Å². The van der Waals surface area contributed by atoms with Crippen LogP contribution in [0.25, 0.3) is 17.0 Å². The van der Waals surface area contributed by atoms with E-state index in [4.69, 9.17) is 9.51 Å². The number of amides is 2. The largest absolute Gasteiger partial charge is 0.334 e. The van der Waals surface area contributed by atoms with E-state index in [0.29, 0.717) is 18.3 Å². The van der Waals surface area contributed by atoms with E-state index in [0.717, 1.165) is 39.3 Å². The molecule has 0 bridgehead atoms. The van der Waals surface area contributed by atoms with Crippen LogP contribution in [-0.2, 0) is 13.0 Å². The number of hydrogen-bond donors (Lipinski definition) is 1. The summed E-state index contributed by atoms with van der Waals surface area (Å²) in [5.74, 6) is 0.941. The van der Waals surface area contributed by atoms with E-state index >= 15 is 0 Å². The zero-order valence-electron chi connectivity index (χ0n) is 19.4. The lowest BCUT2D eigenvalue weighted by molar-refractivity contribution is 0.203. The topological polar surface area (TPSA) is 71.3 Å². The number of allylic oxidation sites excluding steroid dienone is 1. The van der Waals surface area contributed by atoms with Crippen molar-refractivity contribution < 1.29 is 9.32 Å². The number of carbonyl (C=O) groups excluding carboxylic acids is 1. The first-order valence-corrected chi connectivity index (χ1v) is 12.2. The fourth-order valence-corrected chi connectivity index (χ4v) is 4.85. The number of aromatic nitrogens is 2. The van der Waals surface area contributed by atoms with Crippen LogP contribution in [0.4, 0.5) is 4.79 Å². The van der Waals surface area contributed by atoms with Gasteiger partial charge in [-0.3, -0.25) is 4.90 Å². The van der Waals surface area contributed by atoms with Crippen molar-refractivity contribution in [2.45, 2.75) is 39.8 Å². The van der Waals surface area contributed by atoms with Crippen LogP contribution in [0.3, 0.4) is 0 Å². The maximum absolute atomic E-state index is 13.2. The van der Waals surface area contributed by atoms with Crippen molar-refractivity contribution in [3.63, 3.8) is 0 Å². The van der Waals surface area contributed by atoms with Gasteiger partial charge in [0.1, 0.15) is 0 Å². The van der Waals surface area contributed by atoms with Crippen LogP contribution in [0.1, 0.15) is 47.3 Å². The lowest BCUT2D eigenvalue weighted by atomic mass is 9.94. The van der Waals surface area contributed by atoms with Gasteiger partial charge in [-0.15, -0.1) is 11.3 Å². The third kappa shape index (κ3) is 4.26. The Kier molecular flexibility index (Phi) is 6.02. The molecule has 7 heteroatoms. The van der Waals surface area contributed by atoms with Gasteiger partial charge in [-0.2, -0.15) is 4.98 Å². The number of thiophene rings is 1. The molecule has 0 spiro atoms. The van der Waals surface area contributed by atoms with Crippen LogP contribution < -0.4 is 5.32 Å². The Morgan fingerprint density at radius 3 is 2.50 bits per heavy atom. The molecular formula is C27H26N4O2S. The second kappa shape index (κ2) is 9.27. The zero-order valence-corrected chi connectivity index (χ0v) is 20.2. The Labute approximate surface area is 202 Å². The molecule has 1 unspecified atom stereocenters. The molecule has 34 heavy (non-hydrogen) atoms. The van der Waals surface area contributed by atoms with E-state index in [9.17, 15) is 4.79 Å². The lowest BCUT2D eigenvalue weighted by Gasteiger charge is -2.35. The number of nitrogens with one attached hydrogen (secondary N) is 1. The summed E-state index contributed by atoms with van der Waals surface area (Å²) in [6, 6.07) is 19.8. The van der Waals surface area contributed by atoms with Gasteiger partial charge in [-0.05, 0) is 42.8 Å². The van der Waals surface area contributed by atoms with Crippen LogP contribution in [0.2, 0.25) is 0 Å². The quantitative estimate of drug-likeness (QED) is 0.356. The summed E-state index contributed by atoms with van der Waals surface area (Å²) in [6.07, 6.45) is 0.974. The molecule has 5 rings (SSSR count). The van der Waals surface area contributed by atoms with Crippen LogP contribution in [0, 0.1) is 6.92 Å². The van der Waals surface area contributed by atoms with Crippen LogP contribution in [-0.4, -0.2) is 21.1 Å². The zero-order chi connectivity index (χ0) is 23.7. The van der Waals surface area contributed by atoms with Gasteiger partial charge in [-0.25, -0.2) is 4.79 Å². The highest BCUT2D eigenvalue weighted by Gasteiger charge is 2.35. The molecule has 0 saturated carbocycles. The molecule has 1 aliphatic rings. The number of nitrogens with zero attached hydrogens (tertiary/aromatic N) is 3. The summed E-state index contributed by atoms with van der Waals surface area (Å²) >= 11 is 1.63. The first-order valence-electron chi connectivity index (χ1n) is 11.3. The van der Waals surface area contributed by atoms with Crippen molar-refractivity contribution in [2.24, 2.45) is 0 Å². The third-order valence-corrected chi connectivity index (χ3v) is 7.04. The first-order chi connectivity index (χ1) is 16.5. The normalized spacial score (nSPS) is 16.1. The average molecular weight is 471 g/mol. The van der Waals surface area contributed by atoms with Crippen LogP contribution in [0.5, 0.6) is 0 Å². The van der Waals surface area contributed by atoms with Gasteiger partial charge >= 0.3 is 6.03 Å².